The van der Waals surface area contributed by atoms with E-state index < -0.39 is 0 Å². The lowest BCUT2D eigenvalue weighted by atomic mass is 10.1. The number of H-pyrrole nitrogens is 1. The molecule has 0 radical (unpaired) electrons. The van der Waals surface area contributed by atoms with Crippen LogP contribution >= 0.6 is 0 Å². The fourth-order valence-corrected chi connectivity index (χ4v) is 3.40. The lowest BCUT2D eigenvalue weighted by Gasteiger charge is -2.31. The fraction of sp³-hybridized carbons (Fsp3) is 0.706. The number of hydrogen-bond acceptors (Lipinski definition) is 5. The van der Waals surface area contributed by atoms with Crippen molar-refractivity contribution >= 4 is 6.03 Å². The van der Waals surface area contributed by atoms with E-state index in [1.54, 1.807) is 0 Å². The molecule has 25 heavy (non-hydrogen) atoms. The Morgan fingerprint density at radius 2 is 2.12 bits per heavy atom. The van der Waals surface area contributed by atoms with Crippen molar-refractivity contribution in [2.75, 3.05) is 39.3 Å². The van der Waals surface area contributed by atoms with Crippen LogP contribution in [0.2, 0.25) is 0 Å². The van der Waals surface area contributed by atoms with Crippen molar-refractivity contribution in [2.45, 2.75) is 38.3 Å². The number of aromatic nitrogens is 2. The topological polar surface area (TPSA) is 90.6 Å². The summed E-state index contributed by atoms with van der Waals surface area (Å²) in [5.74, 6) is 0. The van der Waals surface area contributed by atoms with Gasteiger partial charge in [0.2, 0.25) is 0 Å². The molecule has 3 heterocycles. The van der Waals surface area contributed by atoms with E-state index in [-0.39, 0.29) is 24.2 Å². The highest BCUT2D eigenvalue weighted by molar-refractivity contribution is 5.74. The van der Waals surface area contributed by atoms with Crippen LogP contribution in [0.25, 0.3) is 0 Å². The number of aromatic amines is 1. The highest BCUT2D eigenvalue weighted by Gasteiger charge is 2.24. The summed E-state index contributed by atoms with van der Waals surface area (Å²) in [6.07, 6.45) is 6.06. The Morgan fingerprint density at radius 1 is 1.28 bits per heavy atom. The van der Waals surface area contributed by atoms with Gasteiger partial charge in [0.1, 0.15) is 0 Å². The summed E-state index contributed by atoms with van der Waals surface area (Å²) in [5.41, 5.74) is 0.331. The summed E-state index contributed by atoms with van der Waals surface area (Å²) in [6, 6.07) is 1.27. The van der Waals surface area contributed by atoms with Gasteiger partial charge >= 0.3 is 6.03 Å². The molecule has 2 aliphatic rings. The molecule has 2 fully saturated rings. The summed E-state index contributed by atoms with van der Waals surface area (Å²) < 4.78 is 5.94. The second-order valence-electron chi connectivity index (χ2n) is 6.71. The Labute approximate surface area is 147 Å². The third-order valence-corrected chi connectivity index (χ3v) is 4.70. The molecular weight excluding hydrogens is 322 g/mol. The summed E-state index contributed by atoms with van der Waals surface area (Å²) >= 11 is 0. The molecule has 8 heteroatoms. The summed E-state index contributed by atoms with van der Waals surface area (Å²) in [6.45, 7) is 5.37. The number of urea groups is 1. The first kappa shape index (κ1) is 17.9. The van der Waals surface area contributed by atoms with Crippen molar-refractivity contribution in [2.24, 2.45) is 0 Å². The second-order valence-corrected chi connectivity index (χ2v) is 6.71. The first-order chi connectivity index (χ1) is 12.2. The molecule has 1 aromatic heterocycles. The van der Waals surface area contributed by atoms with Crippen LogP contribution in [0.4, 0.5) is 4.79 Å². The Kier molecular flexibility index (Phi) is 6.41. The van der Waals surface area contributed by atoms with Crippen LogP contribution in [0.5, 0.6) is 0 Å². The number of nitrogens with one attached hydrogen (secondary N) is 2. The lowest BCUT2D eigenvalue weighted by Crippen LogP contribution is -2.46. The molecule has 1 aromatic rings. The van der Waals surface area contributed by atoms with E-state index in [0.29, 0.717) is 25.4 Å². The quantitative estimate of drug-likeness (QED) is 0.829. The monoisotopic (exact) mass is 349 g/mol. The number of piperidine rings is 1. The van der Waals surface area contributed by atoms with Crippen LogP contribution in [-0.4, -0.2) is 71.2 Å². The highest BCUT2D eigenvalue weighted by Crippen LogP contribution is 2.13. The minimum absolute atomic E-state index is 0.0593. The first-order valence-corrected chi connectivity index (χ1v) is 9.11. The number of hydrogen-bond donors (Lipinski definition) is 2. The zero-order chi connectivity index (χ0) is 17.5. The standard InChI is InChI=1S/C17H27N5O3/c23-16-9-14(19-13-20-16)10-18-17(24)22-7-4-8-25-15(12-22)11-21-5-2-1-3-6-21/h9,13,15H,1-8,10-12H2,(H,18,24)(H,19,20,23). The van der Waals surface area contributed by atoms with Crippen molar-refractivity contribution in [3.63, 3.8) is 0 Å². The zero-order valence-electron chi connectivity index (χ0n) is 14.6. The van der Waals surface area contributed by atoms with Gasteiger partial charge in [-0.2, -0.15) is 0 Å². The number of rotatable bonds is 4. The second kappa shape index (κ2) is 8.96. The Balaban J connectivity index is 1.50. The minimum atomic E-state index is -0.219. The van der Waals surface area contributed by atoms with Crippen molar-refractivity contribution < 1.29 is 9.53 Å². The molecule has 2 amide bonds. The van der Waals surface area contributed by atoms with Gasteiger partial charge < -0.3 is 24.8 Å². The van der Waals surface area contributed by atoms with Crippen LogP contribution in [-0.2, 0) is 11.3 Å². The Hall–Kier alpha value is -1.93. The van der Waals surface area contributed by atoms with Crippen LogP contribution in [0.1, 0.15) is 31.4 Å². The summed E-state index contributed by atoms with van der Waals surface area (Å²) in [7, 11) is 0. The van der Waals surface area contributed by atoms with Crippen molar-refractivity contribution in [3.8, 4) is 0 Å². The maximum Gasteiger partial charge on any atom is 0.317 e. The molecule has 1 atom stereocenters. The van der Waals surface area contributed by atoms with Gasteiger partial charge in [-0.15, -0.1) is 0 Å². The molecule has 0 bridgehead atoms. The number of nitrogens with zero attached hydrogens (tertiary/aromatic N) is 3. The van der Waals surface area contributed by atoms with Gasteiger partial charge in [-0.3, -0.25) is 4.79 Å². The van der Waals surface area contributed by atoms with Gasteiger partial charge in [0.05, 0.1) is 24.7 Å². The molecular formula is C17H27N5O3. The molecule has 2 N–H and O–H groups in total. The number of likely N-dealkylation sites (tertiary alicyclic amines) is 1. The van der Waals surface area contributed by atoms with E-state index in [1.165, 1.54) is 31.7 Å². The number of amides is 2. The van der Waals surface area contributed by atoms with Gasteiger partial charge in [-0.25, -0.2) is 9.78 Å². The molecule has 0 spiro atoms. The van der Waals surface area contributed by atoms with Crippen LogP contribution in [0.3, 0.4) is 0 Å². The molecule has 2 aliphatic heterocycles. The van der Waals surface area contributed by atoms with Crippen molar-refractivity contribution in [1.29, 1.82) is 0 Å². The zero-order valence-corrected chi connectivity index (χ0v) is 14.6. The first-order valence-electron chi connectivity index (χ1n) is 9.11. The number of carbonyl (C=O) groups excluding carboxylic acids is 1. The normalized spacial score (nSPS) is 22.4. The summed E-state index contributed by atoms with van der Waals surface area (Å²) in [5, 5.41) is 2.85. The van der Waals surface area contributed by atoms with Crippen molar-refractivity contribution in [1.82, 2.24) is 25.1 Å². The Bertz CT molecular complexity index is 614. The van der Waals surface area contributed by atoms with E-state index in [2.05, 4.69) is 20.2 Å². The van der Waals surface area contributed by atoms with E-state index in [9.17, 15) is 9.59 Å². The molecule has 1 unspecified atom stereocenters. The van der Waals surface area contributed by atoms with E-state index in [1.807, 2.05) is 4.90 Å². The molecule has 0 aromatic carbocycles. The molecule has 0 aliphatic carbocycles. The predicted octanol–water partition coefficient (Wildman–Crippen LogP) is 0.556. The Morgan fingerprint density at radius 3 is 2.92 bits per heavy atom. The predicted molar refractivity (Wildman–Crippen MR) is 93.3 cm³/mol. The van der Waals surface area contributed by atoms with Gasteiger partial charge in [0, 0.05) is 32.3 Å². The molecule has 8 nitrogen and oxygen atoms in total. The maximum absolute atomic E-state index is 12.5. The largest absolute Gasteiger partial charge is 0.375 e. The SMILES string of the molecule is O=C(NCc1cc(=O)[nH]cn1)N1CCCOC(CN2CCCCC2)C1. The van der Waals surface area contributed by atoms with E-state index in [0.717, 1.165) is 26.1 Å². The van der Waals surface area contributed by atoms with Crippen LogP contribution in [0.15, 0.2) is 17.2 Å². The van der Waals surface area contributed by atoms with Gasteiger partial charge in [-0.05, 0) is 32.4 Å². The molecule has 2 saturated heterocycles. The van der Waals surface area contributed by atoms with Crippen LogP contribution < -0.4 is 10.9 Å². The molecule has 0 saturated carbocycles. The number of carbonyl (C=O) groups is 1. The lowest BCUT2D eigenvalue weighted by molar-refractivity contribution is 0.0256. The van der Waals surface area contributed by atoms with E-state index >= 15 is 0 Å². The summed E-state index contributed by atoms with van der Waals surface area (Å²) in [4.78, 5) is 34.5. The van der Waals surface area contributed by atoms with E-state index in [4.69, 9.17) is 4.74 Å². The third-order valence-electron chi connectivity index (χ3n) is 4.70. The number of ether oxygens (including phenoxy) is 1. The molecule has 138 valence electrons. The average Bonchev–Trinajstić information content (AvgIpc) is 2.86. The smallest absolute Gasteiger partial charge is 0.317 e. The third kappa shape index (κ3) is 5.54. The van der Waals surface area contributed by atoms with Crippen molar-refractivity contribution in [3.05, 3.63) is 28.4 Å². The van der Waals surface area contributed by atoms with Crippen LogP contribution in [0, 0.1) is 0 Å². The van der Waals surface area contributed by atoms with Gasteiger partial charge in [-0.1, -0.05) is 6.42 Å². The minimum Gasteiger partial charge on any atom is -0.375 e. The highest BCUT2D eigenvalue weighted by atomic mass is 16.5. The average molecular weight is 349 g/mol. The molecule has 3 rings (SSSR count). The maximum atomic E-state index is 12.5. The van der Waals surface area contributed by atoms with Gasteiger partial charge in [0.15, 0.2) is 0 Å². The van der Waals surface area contributed by atoms with Gasteiger partial charge in [0.25, 0.3) is 5.56 Å². The fourth-order valence-electron chi connectivity index (χ4n) is 3.40.